The third-order valence-corrected chi connectivity index (χ3v) is 1.65. The van der Waals surface area contributed by atoms with Gasteiger partial charge in [-0.3, -0.25) is 0 Å². The van der Waals surface area contributed by atoms with E-state index in [1.807, 2.05) is 26.0 Å². The minimum absolute atomic E-state index is 0.142. The fourth-order valence-electron chi connectivity index (χ4n) is 0.789. The highest BCUT2D eigenvalue weighted by Gasteiger charge is 1.86. The molecule has 0 aliphatic heterocycles. The summed E-state index contributed by atoms with van der Waals surface area (Å²) < 4.78 is 0. The van der Waals surface area contributed by atoms with E-state index in [1.165, 1.54) is 0 Å². The maximum absolute atomic E-state index is 8.67. The molecule has 0 aromatic heterocycles. The van der Waals surface area contributed by atoms with Gasteiger partial charge in [-0.25, -0.2) is 0 Å². The van der Waals surface area contributed by atoms with Crippen LogP contribution in [0.3, 0.4) is 0 Å². The summed E-state index contributed by atoms with van der Waals surface area (Å²) in [7, 11) is 0. The van der Waals surface area contributed by atoms with Crippen molar-refractivity contribution in [2.75, 3.05) is 13.2 Å². The van der Waals surface area contributed by atoms with Gasteiger partial charge in [0.25, 0.3) is 0 Å². The van der Waals surface area contributed by atoms with E-state index >= 15 is 0 Å². The van der Waals surface area contributed by atoms with Crippen LogP contribution in [0.5, 0.6) is 0 Å². The average molecular weight is 170 g/mol. The topological polar surface area (TPSA) is 40.5 Å². The molecule has 12 heavy (non-hydrogen) atoms. The van der Waals surface area contributed by atoms with Crippen molar-refractivity contribution in [3.63, 3.8) is 0 Å². The summed E-state index contributed by atoms with van der Waals surface area (Å²) in [6.45, 7) is 4.09. The fraction of sp³-hybridized carbons (Fsp3) is 0.600. The first-order chi connectivity index (χ1) is 5.70. The molecule has 0 spiro atoms. The molecule has 0 rings (SSSR count). The van der Waals surface area contributed by atoms with Crippen LogP contribution < -0.4 is 0 Å². The van der Waals surface area contributed by atoms with Crippen molar-refractivity contribution in [1.29, 1.82) is 0 Å². The van der Waals surface area contributed by atoms with Crippen molar-refractivity contribution >= 4 is 0 Å². The lowest BCUT2D eigenvalue weighted by molar-refractivity contribution is 0.330. The highest BCUT2D eigenvalue weighted by molar-refractivity contribution is 5.02. The Morgan fingerprint density at radius 2 is 1.25 bits per heavy atom. The van der Waals surface area contributed by atoms with E-state index in [0.29, 0.717) is 0 Å². The first kappa shape index (κ1) is 11.4. The Balaban J connectivity index is 3.57. The van der Waals surface area contributed by atoms with Crippen LogP contribution in [0.15, 0.2) is 23.3 Å². The van der Waals surface area contributed by atoms with Gasteiger partial charge in [0, 0.05) is 0 Å². The van der Waals surface area contributed by atoms with E-state index in [0.717, 1.165) is 24.0 Å². The van der Waals surface area contributed by atoms with Crippen molar-refractivity contribution in [1.82, 2.24) is 0 Å². The van der Waals surface area contributed by atoms with Gasteiger partial charge in [-0.1, -0.05) is 23.3 Å². The second-order valence-electron chi connectivity index (χ2n) is 2.99. The SMILES string of the molecule is C/C(=C\CC/C=C(\C)CO)CO. The van der Waals surface area contributed by atoms with Gasteiger partial charge in [-0.15, -0.1) is 0 Å². The molecule has 0 radical (unpaired) electrons. The predicted octanol–water partition coefficient (Wildman–Crippen LogP) is 1.64. The molecule has 0 fully saturated rings. The zero-order valence-corrected chi connectivity index (χ0v) is 7.88. The first-order valence-corrected chi connectivity index (χ1v) is 4.23. The van der Waals surface area contributed by atoms with Crippen LogP contribution in [0.2, 0.25) is 0 Å². The first-order valence-electron chi connectivity index (χ1n) is 4.23. The average Bonchev–Trinajstić information content (AvgIpc) is 2.11. The van der Waals surface area contributed by atoms with E-state index in [4.69, 9.17) is 10.2 Å². The maximum Gasteiger partial charge on any atom is 0.0639 e. The second-order valence-corrected chi connectivity index (χ2v) is 2.99. The molecule has 0 aliphatic carbocycles. The van der Waals surface area contributed by atoms with Crippen molar-refractivity contribution in [2.24, 2.45) is 0 Å². The third kappa shape index (κ3) is 6.13. The summed E-state index contributed by atoms with van der Waals surface area (Å²) in [5, 5.41) is 17.3. The zero-order valence-electron chi connectivity index (χ0n) is 7.88. The largest absolute Gasteiger partial charge is 0.392 e. The van der Waals surface area contributed by atoms with Crippen molar-refractivity contribution in [2.45, 2.75) is 26.7 Å². The lowest BCUT2D eigenvalue weighted by Crippen LogP contribution is -1.85. The Morgan fingerprint density at radius 1 is 0.917 bits per heavy atom. The van der Waals surface area contributed by atoms with Crippen LogP contribution in [-0.2, 0) is 0 Å². The van der Waals surface area contributed by atoms with Crippen LogP contribution in [0.4, 0.5) is 0 Å². The summed E-state index contributed by atoms with van der Waals surface area (Å²) in [4.78, 5) is 0. The Bertz CT molecular complexity index is 149. The molecule has 0 unspecified atom stereocenters. The van der Waals surface area contributed by atoms with E-state index in [2.05, 4.69) is 0 Å². The molecule has 0 amide bonds. The summed E-state index contributed by atoms with van der Waals surface area (Å²) in [6.07, 6.45) is 5.90. The molecular formula is C10H18O2. The van der Waals surface area contributed by atoms with E-state index in [1.54, 1.807) is 0 Å². The number of aliphatic hydroxyl groups excluding tert-OH is 2. The highest BCUT2D eigenvalue weighted by atomic mass is 16.3. The summed E-state index contributed by atoms with van der Waals surface area (Å²) in [5.41, 5.74) is 2.01. The molecule has 2 heteroatoms. The Morgan fingerprint density at radius 3 is 1.50 bits per heavy atom. The van der Waals surface area contributed by atoms with Gasteiger partial charge in [0.1, 0.15) is 0 Å². The Labute approximate surface area is 74.2 Å². The fourth-order valence-corrected chi connectivity index (χ4v) is 0.789. The van der Waals surface area contributed by atoms with Gasteiger partial charge in [0.05, 0.1) is 13.2 Å². The molecule has 2 nitrogen and oxygen atoms in total. The van der Waals surface area contributed by atoms with Gasteiger partial charge < -0.3 is 10.2 Å². The number of allylic oxidation sites excluding steroid dienone is 2. The Kier molecular flexibility index (Phi) is 6.72. The van der Waals surface area contributed by atoms with Gasteiger partial charge in [0.2, 0.25) is 0 Å². The van der Waals surface area contributed by atoms with Crippen molar-refractivity contribution < 1.29 is 10.2 Å². The molecule has 2 N–H and O–H groups in total. The molecule has 0 aromatic carbocycles. The minimum atomic E-state index is 0.142. The summed E-state index contributed by atoms with van der Waals surface area (Å²) in [5.74, 6) is 0. The number of unbranched alkanes of at least 4 members (excludes halogenated alkanes) is 1. The molecule has 0 bridgehead atoms. The van der Waals surface area contributed by atoms with Crippen LogP contribution in [0.25, 0.3) is 0 Å². The Hall–Kier alpha value is -0.600. The number of hydrogen-bond acceptors (Lipinski definition) is 2. The summed E-state index contributed by atoms with van der Waals surface area (Å²) in [6, 6.07) is 0. The van der Waals surface area contributed by atoms with Gasteiger partial charge in [-0.05, 0) is 26.7 Å². The van der Waals surface area contributed by atoms with Gasteiger partial charge in [-0.2, -0.15) is 0 Å². The van der Waals surface area contributed by atoms with E-state index in [-0.39, 0.29) is 13.2 Å². The standard InChI is InChI=1S/C10H18O2/c1-9(7-11)5-3-4-6-10(2)8-12/h5-6,11-12H,3-4,7-8H2,1-2H3/b9-5+,10-6+. The van der Waals surface area contributed by atoms with Crippen LogP contribution in [0.1, 0.15) is 26.7 Å². The van der Waals surface area contributed by atoms with Crippen molar-refractivity contribution in [3.05, 3.63) is 23.3 Å². The van der Waals surface area contributed by atoms with Crippen LogP contribution >= 0.6 is 0 Å². The van der Waals surface area contributed by atoms with Gasteiger partial charge >= 0.3 is 0 Å². The summed E-state index contributed by atoms with van der Waals surface area (Å²) >= 11 is 0. The zero-order chi connectivity index (χ0) is 9.40. The molecule has 0 atom stereocenters. The monoisotopic (exact) mass is 170 g/mol. The smallest absolute Gasteiger partial charge is 0.0639 e. The molecule has 70 valence electrons. The van der Waals surface area contributed by atoms with E-state index in [9.17, 15) is 0 Å². The predicted molar refractivity (Wildman–Crippen MR) is 50.9 cm³/mol. The van der Waals surface area contributed by atoms with E-state index < -0.39 is 0 Å². The van der Waals surface area contributed by atoms with Crippen molar-refractivity contribution in [3.8, 4) is 0 Å². The van der Waals surface area contributed by atoms with Crippen LogP contribution in [-0.4, -0.2) is 23.4 Å². The second kappa shape index (κ2) is 7.07. The third-order valence-electron chi connectivity index (χ3n) is 1.65. The molecular weight excluding hydrogens is 152 g/mol. The maximum atomic E-state index is 8.67. The minimum Gasteiger partial charge on any atom is -0.392 e. The normalized spacial score (nSPS) is 13.7. The lowest BCUT2D eigenvalue weighted by Gasteiger charge is -1.95. The molecule has 0 aliphatic rings. The molecule has 0 saturated carbocycles. The molecule has 0 aromatic rings. The molecule has 0 heterocycles. The number of aliphatic hydroxyl groups is 2. The lowest BCUT2D eigenvalue weighted by atomic mass is 10.2. The van der Waals surface area contributed by atoms with Crippen LogP contribution in [0, 0.1) is 0 Å². The van der Waals surface area contributed by atoms with Gasteiger partial charge in [0.15, 0.2) is 0 Å². The highest BCUT2D eigenvalue weighted by Crippen LogP contribution is 2.01. The number of hydrogen-bond donors (Lipinski definition) is 2. The molecule has 0 saturated heterocycles. The quantitative estimate of drug-likeness (QED) is 0.486. The number of rotatable bonds is 5.